The second-order valence-corrected chi connectivity index (χ2v) is 10.2. The van der Waals surface area contributed by atoms with Crippen molar-refractivity contribution in [1.29, 1.82) is 0 Å². The third-order valence-electron chi connectivity index (χ3n) is 6.25. The number of hydrogen-bond acceptors (Lipinski definition) is 7. The zero-order valence-electron chi connectivity index (χ0n) is 16.9. The monoisotopic (exact) mass is 403 g/mol. The first kappa shape index (κ1) is 20.0. The number of nitrogens with one attached hydrogen (secondary N) is 5. The van der Waals surface area contributed by atoms with Gasteiger partial charge >= 0.3 is 0 Å². The third-order valence-corrected chi connectivity index (χ3v) is 7.50. The lowest BCUT2D eigenvalue weighted by molar-refractivity contribution is 0.0857. The molecule has 0 bridgehead atoms. The number of allylic oxidation sites excluding steroid dienone is 4. The van der Waals surface area contributed by atoms with Crippen molar-refractivity contribution in [2.24, 2.45) is 23.2 Å². The van der Waals surface area contributed by atoms with E-state index in [0.29, 0.717) is 23.4 Å². The number of hydrogen-bond donors (Lipinski definition) is 6. The lowest BCUT2D eigenvalue weighted by Crippen LogP contribution is -2.49. The Morgan fingerprint density at radius 3 is 2.96 bits per heavy atom. The Labute approximate surface area is 172 Å². The van der Waals surface area contributed by atoms with Crippen LogP contribution in [0.3, 0.4) is 0 Å². The summed E-state index contributed by atoms with van der Waals surface area (Å²) in [6.07, 6.45) is 13.3. The van der Waals surface area contributed by atoms with Crippen LogP contribution in [0.15, 0.2) is 47.2 Å². The van der Waals surface area contributed by atoms with Crippen LogP contribution in [0.1, 0.15) is 27.2 Å². The maximum absolute atomic E-state index is 10.5. The lowest BCUT2D eigenvalue weighted by atomic mass is 9.85. The van der Waals surface area contributed by atoms with Crippen LogP contribution in [0.4, 0.5) is 0 Å². The second kappa shape index (κ2) is 8.24. The molecule has 0 aromatic rings. The number of aliphatic hydroxyl groups excluding tert-OH is 1. The van der Waals surface area contributed by atoms with Crippen LogP contribution in [0.2, 0.25) is 0 Å². The highest BCUT2D eigenvalue weighted by molar-refractivity contribution is 8.03. The molecule has 0 saturated carbocycles. The SMILES string of the molecule is CC1=C(C(C)(C)CNC(O)C2C=CC=CC2)NC(C2C=CNC3NNCC32)S1. The molecule has 6 nitrogen and oxygen atoms in total. The molecular formula is C21H33N5OS. The van der Waals surface area contributed by atoms with Crippen LogP contribution in [0.5, 0.6) is 0 Å². The van der Waals surface area contributed by atoms with E-state index in [9.17, 15) is 5.11 Å². The Hall–Kier alpha value is -1.25. The number of fused-ring (bicyclic) bond motifs is 1. The molecule has 1 saturated heterocycles. The largest absolute Gasteiger partial charge is 0.378 e. The second-order valence-electron chi connectivity index (χ2n) is 8.81. The summed E-state index contributed by atoms with van der Waals surface area (Å²) >= 11 is 1.94. The van der Waals surface area contributed by atoms with Gasteiger partial charge in [0.05, 0.1) is 11.5 Å². The summed E-state index contributed by atoms with van der Waals surface area (Å²) in [6.45, 7) is 8.41. The summed E-state index contributed by atoms with van der Waals surface area (Å²) in [7, 11) is 0. The van der Waals surface area contributed by atoms with Gasteiger partial charge in [0.15, 0.2) is 0 Å². The molecule has 0 spiro atoms. The molecule has 1 fully saturated rings. The van der Waals surface area contributed by atoms with Gasteiger partial charge in [-0.15, -0.1) is 11.8 Å². The molecule has 4 aliphatic rings. The maximum atomic E-state index is 10.5. The minimum Gasteiger partial charge on any atom is -0.378 e. The molecule has 7 heteroatoms. The van der Waals surface area contributed by atoms with Crippen molar-refractivity contribution in [2.45, 2.75) is 45.0 Å². The highest BCUT2D eigenvalue weighted by Crippen LogP contribution is 2.44. The van der Waals surface area contributed by atoms with E-state index >= 15 is 0 Å². The van der Waals surface area contributed by atoms with Crippen LogP contribution in [-0.4, -0.2) is 36.0 Å². The summed E-state index contributed by atoms with van der Waals surface area (Å²) < 4.78 is 0. The van der Waals surface area contributed by atoms with Crippen molar-refractivity contribution >= 4 is 11.8 Å². The highest BCUT2D eigenvalue weighted by Gasteiger charge is 2.42. The van der Waals surface area contributed by atoms with Gasteiger partial charge in [0.25, 0.3) is 0 Å². The minimum atomic E-state index is -0.519. The van der Waals surface area contributed by atoms with E-state index in [2.05, 4.69) is 72.0 Å². The number of thioether (sulfide) groups is 1. The van der Waals surface area contributed by atoms with E-state index in [1.807, 2.05) is 23.9 Å². The molecule has 154 valence electrons. The Morgan fingerprint density at radius 1 is 1.32 bits per heavy atom. The zero-order valence-corrected chi connectivity index (χ0v) is 17.7. The molecule has 0 aromatic heterocycles. The smallest absolute Gasteiger partial charge is 0.111 e. The van der Waals surface area contributed by atoms with Gasteiger partial charge in [-0.1, -0.05) is 44.2 Å². The normalized spacial score (nSPS) is 35.6. The van der Waals surface area contributed by atoms with E-state index < -0.39 is 6.23 Å². The fourth-order valence-corrected chi connectivity index (χ4v) is 6.04. The van der Waals surface area contributed by atoms with Crippen molar-refractivity contribution in [3.63, 3.8) is 0 Å². The van der Waals surface area contributed by atoms with Gasteiger partial charge < -0.3 is 15.7 Å². The number of rotatable bonds is 6. The van der Waals surface area contributed by atoms with E-state index in [1.165, 1.54) is 10.6 Å². The molecule has 0 radical (unpaired) electrons. The van der Waals surface area contributed by atoms with Gasteiger partial charge in [0.2, 0.25) is 0 Å². The van der Waals surface area contributed by atoms with Crippen molar-refractivity contribution in [1.82, 2.24) is 26.8 Å². The molecule has 6 unspecified atom stereocenters. The third kappa shape index (κ3) is 4.04. The van der Waals surface area contributed by atoms with Gasteiger partial charge in [-0.3, -0.25) is 10.7 Å². The first-order valence-electron chi connectivity index (χ1n) is 10.3. The molecule has 0 aromatic carbocycles. The van der Waals surface area contributed by atoms with E-state index in [-0.39, 0.29) is 11.3 Å². The molecule has 1 aliphatic carbocycles. The first-order chi connectivity index (χ1) is 13.5. The topological polar surface area (TPSA) is 80.4 Å². The van der Waals surface area contributed by atoms with Crippen LogP contribution in [-0.2, 0) is 0 Å². The predicted octanol–water partition coefficient (Wildman–Crippen LogP) is 1.73. The number of hydrazine groups is 1. The predicted molar refractivity (Wildman–Crippen MR) is 116 cm³/mol. The Balaban J connectivity index is 1.37. The van der Waals surface area contributed by atoms with Crippen molar-refractivity contribution < 1.29 is 5.11 Å². The highest BCUT2D eigenvalue weighted by atomic mass is 32.2. The van der Waals surface area contributed by atoms with Crippen LogP contribution in [0.25, 0.3) is 0 Å². The van der Waals surface area contributed by atoms with Crippen LogP contribution >= 0.6 is 11.8 Å². The van der Waals surface area contributed by atoms with Gasteiger partial charge in [-0.05, 0) is 19.5 Å². The molecule has 3 aliphatic heterocycles. The van der Waals surface area contributed by atoms with Gasteiger partial charge in [0, 0.05) is 46.9 Å². The number of aliphatic hydroxyl groups is 1. The summed E-state index contributed by atoms with van der Waals surface area (Å²) in [5.41, 5.74) is 7.82. The van der Waals surface area contributed by atoms with Gasteiger partial charge in [-0.2, -0.15) is 0 Å². The first-order valence-corrected chi connectivity index (χ1v) is 11.1. The average molecular weight is 404 g/mol. The average Bonchev–Trinajstić information content (AvgIpc) is 3.33. The maximum Gasteiger partial charge on any atom is 0.111 e. The molecule has 28 heavy (non-hydrogen) atoms. The van der Waals surface area contributed by atoms with E-state index in [4.69, 9.17) is 0 Å². The summed E-state index contributed by atoms with van der Waals surface area (Å²) in [5, 5.41) is 21.5. The van der Waals surface area contributed by atoms with Crippen molar-refractivity contribution in [3.05, 3.63) is 47.2 Å². The molecular weight excluding hydrogens is 370 g/mol. The fourth-order valence-electron chi connectivity index (χ4n) is 4.58. The summed E-state index contributed by atoms with van der Waals surface area (Å²) in [4.78, 5) is 1.36. The molecule has 6 N–H and O–H groups in total. The van der Waals surface area contributed by atoms with E-state index in [0.717, 1.165) is 19.5 Å². The Kier molecular flexibility index (Phi) is 5.90. The van der Waals surface area contributed by atoms with Gasteiger partial charge in [-0.25, -0.2) is 5.43 Å². The van der Waals surface area contributed by atoms with Crippen molar-refractivity contribution in [2.75, 3.05) is 13.1 Å². The summed E-state index contributed by atoms with van der Waals surface area (Å²) in [6, 6.07) is 0. The standard InChI is InChI=1S/C21H33N5OS/c1-13-17(21(2,3)12-23-19(27)14-7-5-4-6-8-14)25-20(28-13)15-9-10-22-18-16(15)11-24-26-18/h4-7,9-10,14-16,18-20,22-27H,8,11-12H2,1-3H3. The molecule has 0 amide bonds. The van der Waals surface area contributed by atoms with E-state index in [1.54, 1.807) is 0 Å². The lowest BCUT2D eigenvalue weighted by Gasteiger charge is -2.35. The Morgan fingerprint density at radius 2 is 2.18 bits per heavy atom. The quantitative estimate of drug-likeness (QED) is 0.377. The van der Waals surface area contributed by atoms with Crippen LogP contribution < -0.4 is 26.8 Å². The molecule has 3 heterocycles. The summed E-state index contributed by atoms with van der Waals surface area (Å²) in [5.74, 6) is 1.13. The Bertz CT molecular complexity index is 701. The fraction of sp³-hybridized carbons (Fsp3) is 0.619. The van der Waals surface area contributed by atoms with Gasteiger partial charge in [0.1, 0.15) is 6.23 Å². The molecule has 4 rings (SSSR count). The van der Waals surface area contributed by atoms with Crippen molar-refractivity contribution in [3.8, 4) is 0 Å². The van der Waals surface area contributed by atoms with Crippen LogP contribution in [0, 0.1) is 23.2 Å². The minimum absolute atomic E-state index is 0.0801. The zero-order chi connectivity index (χ0) is 19.7. The molecule has 6 atom stereocenters.